The topological polar surface area (TPSA) is 78.9 Å². The monoisotopic (exact) mass is 474 g/mol. The van der Waals surface area contributed by atoms with Crippen LogP contribution >= 0.6 is 11.6 Å². The lowest BCUT2D eigenvalue weighted by Gasteiger charge is -2.12. The smallest absolute Gasteiger partial charge is 0.235 e. The summed E-state index contributed by atoms with van der Waals surface area (Å²) in [5.41, 5.74) is 1.91. The van der Waals surface area contributed by atoms with E-state index in [4.69, 9.17) is 29.9 Å². The number of ether oxygens (including phenoxy) is 2. The van der Waals surface area contributed by atoms with Crippen LogP contribution in [-0.4, -0.2) is 19.5 Å². The minimum absolute atomic E-state index is 0.0814. The van der Waals surface area contributed by atoms with Crippen LogP contribution in [0.25, 0.3) is 33.3 Å². The molecule has 0 atom stereocenters. The van der Waals surface area contributed by atoms with Crippen molar-refractivity contribution in [2.24, 2.45) is 0 Å². The summed E-state index contributed by atoms with van der Waals surface area (Å²) in [6, 6.07) is 19.2. The zero-order valence-electron chi connectivity index (χ0n) is 18.4. The number of hydrogen-bond donors (Lipinski definition) is 0. The second-order valence-electron chi connectivity index (χ2n) is 7.78. The predicted octanol–water partition coefficient (Wildman–Crippen LogP) is 6.44. The standard InChI is InChI=1S/C27H19ClO6/c1-15-11-23-19(13-20(15)28)25(30)27(26(34-23)16-7-9-18(31-2)10-8-16)32-14-21(29)24-12-17-5-3-4-6-22(17)33-24/h3-13H,14H2,1-2H3. The van der Waals surface area contributed by atoms with E-state index < -0.39 is 17.8 Å². The van der Waals surface area contributed by atoms with Gasteiger partial charge in [0.15, 0.2) is 18.1 Å². The molecule has 0 saturated carbocycles. The molecule has 0 bridgehead atoms. The van der Waals surface area contributed by atoms with Gasteiger partial charge in [0.25, 0.3) is 0 Å². The van der Waals surface area contributed by atoms with Gasteiger partial charge in [0, 0.05) is 16.0 Å². The van der Waals surface area contributed by atoms with Gasteiger partial charge in [0.1, 0.15) is 16.9 Å². The van der Waals surface area contributed by atoms with Gasteiger partial charge in [-0.3, -0.25) is 9.59 Å². The summed E-state index contributed by atoms with van der Waals surface area (Å²) in [5, 5.41) is 1.50. The molecule has 0 N–H and O–H groups in total. The number of benzene rings is 3. The molecule has 34 heavy (non-hydrogen) atoms. The third-order valence-electron chi connectivity index (χ3n) is 5.53. The summed E-state index contributed by atoms with van der Waals surface area (Å²) in [6.07, 6.45) is 0. The van der Waals surface area contributed by atoms with Crippen molar-refractivity contribution in [3.05, 3.63) is 93.3 Å². The maximum atomic E-state index is 13.4. The number of fused-ring (bicyclic) bond motifs is 2. The highest BCUT2D eigenvalue weighted by Gasteiger charge is 2.21. The minimum atomic E-state index is -0.425. The Balaban J connectivity index is 1.57. The van der Waals surface area contributed by atoms with E-state index in [-0.39, 0.29) is 22.7 Å². The Bertz CT molecular complexity index is 1560. The third kappa shape index (κ3) is 3.93. The van der Waals surface area contributed by atoms with E-state index in [1.54, 1.807) is 55.6 Å². The van der Waals surface area contributed by atoms with Crippen LogP contribution < -0.4 is 14.9 Å². The van der Waals surface area contributed by atoms with Crippen molar-refractivity contribution in [3.8, 4) is 22.8 Å². The molecule has 0 unspecified atom stereocenters. The average molecular weight is 475 g/mol. The van der Waals surface area contributed by atoms with Crippen LogP contribution in [0.15, 0.2) is 80.4 Å². The second-order valence-corrected chi connectivity index (χ2v) is 8.18. The Morgan fingerprint density at radius 2 is 1.74 bits per heavy atom. The Kier molecular flexibility index (Phi) is 5.59. The molecule has 0 radical (unpaired) electrons. The summed E-state index contributed by atoms with van der Waals surface area (Å²) < 4.78 is 22.7. The molecule has 170 valence electrons. The Labute approximate surface area is 199 Å². The van der Waals surface area contributed by atoms with Crippen LogP contribution in [0.5, 0.6) is 11.5 Å². The van der Waals surface area contributed by atoms with Gasteiger partial charge < -0.3 is 18.3 Å². The van der Waals surface area contributed by atoms with Gasteiger partial charge >= 0.3 is 0 Å². The highest BCUT2D eigenvalue weighted by Crippen LogP contribution is 2.33. The molecule has 5 rings (SSSR count). The number of Topliss-reactive ketones (excluding diaryl/α,β-unsaturated/α-hetero) is 1. The van der Waals surface area contributed by atoms with Crippen molar-refractivity contribution in [2.75, 3.05) is 13.7 Å². The fourth-order valence-corrected chi connectivity index (χ4v) is 3.85. The Hall–Kier alpha value is -4.03. The number of rotatable bonds is 6. The molecule has 0 aliphatic heterocycles. The summed E-state index contributed by atoms with van der Waals surface area (Å²) in [6.45, 7) is 1.42. The van der Waals surface area contributed by atoms with Crippen molar-refractivity contribution >= 4 is 39.3 Å². The molecule has 0 fully saturated rings. The molecule has 0 spiro atoms. The number of furan rings is 1. The van der Waals surface area contributed by atoms with E-state index in [2.05, 4.69) is 0 Å². The van der Waals surface area contributed by atoms with E-state index >= 15 is 0 Å². The maximum Gasteiger partial charge on any atom is 0.235 e. The van der Waals surface area contributed by atoms with Gasteiger partial charge in [-0.1, -0.05) is 29.8 Å². The first kappa shape index (κ1) is 21.8. The number of aryl methyl sites for hydroxylation is 1. The van der Waals surface area contributed by atoms with Crippen LogP contribution in [0.1, 0.15) is 16.1 Å². The van der Waals surface area contributed by atoms with Crippen molar-refractivity contribution in [3.63, 3.8) is 0 Å². The molecule has 5 aromatic rings. The molecule has 7 heteroatoms. The van der Waals surface area contributed by atoms with Crippen molar-refractivity contribution in [2.45, 2.75) is 6.92 Å². The highest BCUT2D eigenvalue weighted by atomic mass is 35.5. The number of halogens is 1. The van der Waals surface area contributed by atoms with E-state index in [0.717, 1.165) is 10.9 Å². The molecule has 0 saturated heterocycles. The van der Waals surface area contributed by atoms with Gasteiger partial charge in [-0.2, -0.15) is 0 Å². The molecule has 6 nitrogen and oxygen atoms in total. The van der Waals surface area contributed by atoms with E-state index in [0.29, 0.717) is 27.5 Å². The second kappa shape index (κ2) is 8.72. The quantitative estimate of drug-likeness (QED) is 0.263. The van der Waals surface area contributed by atoms with Crippen molar-refractivity contribution < 1.29 is 23.1 Å². The maximum absolute atomic E-state index is 13.4. The Morgan fingerprint density at radius 1 is 0.971 bits per heavy atom. The lowest BCUT2D eigenvalue weighted by atomic mass is 10.1. The number of hydrogen-bond acceptors (Lipinski definition) is 6. The normalized spacial score (nSPS) is 11.1. The number of carbonyl (C=O) groups excluding carboxylic acids is 1. The van der Waals surface area contributed by atoms with Crippen LogP contribution in [-0.2, 0) is 0 Å². The summed E-state index contributed by atoms with van der Waals surface area (Å²) >= 11 is 6.25. The average Bonchev–Trinajstić information content (AvgIpc) is 3.29. The van der Waals surface area contributed by atoms with E-state index in [9.17, 15) is 9.59 Å². The van der Waals surface area contributed by atoms with Crippen LogP contribution in [0, 0.1) is 6.92 Å². The Morgan fingerprint density at radius 3 is 2.47 bits per heavy atom. The van der Waals surface area contributed by atoms with Gasteiger partial charge in [0.05, 0.1) is 12.5 Å². The van der Waals surface area contributed by atoms with Crippen molar-refractivity contribution in [1.82, 2.24) is 0 Å². The number of ketones is 1. The first-order valence-corrected chi connectivity index (χ1v) is 10.9. The zero-order chi connectivity index (χ0) is 23.8. The van der Waals surface area contributed by atoms with Gasteiger partial charge in [0.2, 0.25) is 17.0 Å². The number of methoxy groups -OCH3 is 1. The summed E-state index contributed by atoms with van der Waals surface area (Å²) in [7, 11) is 1.57. The van der Waals surface area contributed by atoms with E-state index in [1.165, 1.54) is 0 Å². The lowest BCUT2D eigenvalue weighted by molar-refractivity contribution is 0.0894. The molecule has 0 amide bonds. The molecule has 2 heterocycles. The molecular weight excluding hydrogens is 456 g/mol. The molecule has 0 aliphatic carbocycles. The molecule has 3 aromatic carbocycles. The van der Waals surface area contributed by atoms with E-state index in [1.807, 2.05) is 25.1 Å². The predicted molar refractivity (Wildman–Crippen MR) is 130 cm³/mol. The first-order valence-electron chi connectivity index (χ1n) is 10.5. The zero-order valence-corrected chi connectivity index (χ0v) is 19.1. The van der Waals surface area contributed by atoms with Gasteiger partial charge in [-0.05, 0) is 61.0 Å². The molecule has 0 aliphatic rings. The molecular formula is C27H19ClO6. The van der Waals surface area contributed by atoms with Gasteiger partial charge in [-0.25, -0.2) is 0 Å². The largest absolute Gasteiger partial charge is 0.497 e. The highest BCUT2D eigenvalue weighted by molar-refractivity contribution is 6.32. The SMILES string of the molecule is COc1ccc(-c2oc3cc(C)c(Cl)cc3c(=O)c2OCC(=O)c2cc3ccccc3o2)cc1. The third-order valence-corrected chi connectivity index (χ3v) is 5.94. The van der Waals surface area contributed by atoms with Gasteiger partial charge in [-0.15, -0.1) is 0 Å². The lowest BCUT2D eigenvalue weighted by Crippen LogP contribution is -2.16. The van der Waals surface area contributed by atoms with Crippen LogP contribution in [0.2, 0.25) is 5.02 Å². The first-order chi connectivity index (χ1) is 16.4. The fourth-order valence-electron chi connectivity index (χ4n) is 3.69. The van der Waals surface area contributed by atoms with Crippen molar-refractivity contribution in [1.29, 1.82) is 0 Å². The molecule has 2 aromatic heterocycles. The fraction of sp³-hybridized carbons (Fsp3) is 0.111. The van der Waals surface area contributed by atoms with Crippen LogP contribution in [0.3, 0.4) is 0 Å². The number of para-hydroxylation sites is 1. The minimum Gasteiger partial charge on any atom is -0.497 e. The summed E-state index contributed by atoms with van der Waals surface area (Å²) in [4.78, 5) is 26.2. The van der Waals surface area contributed by atoms with Crippen LogP contribution in [0.4, 0.5) is 0 Å². The summed E-state index contributed by atoms with van der Waals surface area (Å²) in [5.74, 6) is 0.521. The number of carbonyl (C=O) groups is 1.